The molecule has 0 N–H and O–H groups in total. The molecule has 0 aromatic heterocycles. The molecule has 0 saturated carbocycles. The second-order valence-corrected chi connectivity index (χ2v) is 7.16. The molecule has 0 radical (unpaired) electrons. The van der Waals surface area contributed by atoms with Crippen molar-refractivity contribution >= 4 is 0 Å². The van der Waals surface area contributed by atoms with Crippen LogP contribution < -0.4 is 9.47 Å². The van der Waals surface area contributed by atoms with E-state index < -0.39 is 0 Å². The Morgan fingerprint density at radius 3 is 2.38 bits per heavy atom. The molecule has 0 fully saturated rings. The molecule has 1 aromatic carbocycles. The van der Waals surface area contributed by atoms with Gasteiger partial charge in [0.25, 0.3) is 0 Å². The van der Waals surface area contributed by atoms with Crippen molar-refractivity contribution in [3.63, 3.8) is 0 Å². The first-order valence-electron chi connectivity index (χ1n) is 9.45. The van der Waals surface area contributed by atoms with Gasteiger partial charge in [-0.1, -0.05) is 41.0 Å². The molecule has 2 rings (SSSR count). The van der Waals surface area contributed by atoms with Crippen LogP contribution in [0.3, 0.4) is 0 Å². The first-order valence-corrected chi connectivity index (χ1v) is 9.45. The zero-order valence-electron chi connectivity index (χ0n) is 16.6. The fourth-order valence-electron chi connectivity index (χ4n) is 2.75. The Morgan fingerprint density at radius 2 is 1.62 bits per heavy atom. The van der Waals surface area contributed by atoms with Crippen molar-refractivity contribution in [2.45, 2.75) is 60.0 Å². The monoisotopic (exact) mass is 356 g/mol. The third kappa shape index (κ3) is 7.49. The molecule has 0 amide bonds. The van der Waals surface area contributed by atoms with E-state index >= 15 is 0 Å². The highest BCUT2D eigenvalue weighted by atomic mass is 16.7. The zero-order valence-corrected chi connectivity index (χ0v) is 16.6. The summed E-state index contributed by atoms with van der Waals surface area (Å²) in [6, 6.07) is 5.95. The molecule has 0 aliphatic carbocycles. The number of ether oxygens (including phenoxy) is 3. The quantitative estimate of drug-likeness (QED) is 0.361. The summed E-state index contributed by atoms with van der Waals surface area (Å²) in [6.07, 6.45) is 11.3. The fraction of sp³-hybridized carbons (Fsp3) is 0.478. The van der Waals surface area contributed by atoms with Crippen LogP contribution in [-0.2, 0) is 11.3 Å². The minimum absolute atomic E-state index is 0.310. The Kier molecular flexibility index (Phi) is 8.49. The van der Waals surface area contributed by atoms with E-state index in [2.05, 4.69) is 45.9 Å². The lowest BCUT2D eigenvalue weighted by Crippen LogP contribution is -1.94. The SMILES string of the molecule is CC(C)=CCC/C(C)=C/CC/C(C)=C/COCc1ccc2c(c1)OCO2. The number of hydrogen-bond acceptors (Lipinski definition) is 3. The van der Waals surface area contributed by atoms with Crippen LogP contribution >= 0.6 is 0 Å². The molecule has 26 heavy (non-hydrogen) atoms. The van der Waals surface area contributed by atoms with Gasteiger partial charge in [0, 0.05) is 0 Å². The van der Waals surface area contributed by atoms with E-state index in [0.717, 1.165) is 42.7 Å². The highest BCUT2D eigenvalue weighted by Gasteiger charge is 2.12. The molecule has 0 atom stereocenters. The van der Waals surface area contributed by atoms with Crippen molar-refractivity contribution < 1.29 is 14.2 Å². The second kappa shape index (κ2) is 10.9. The number of hydrogen-bond donors (Lipinski definition) is 0. The third-order valence-electron chi connectivity index (χ3n) is 4.38. The molecular formula is C23H32O3. The Labute approximate surface area is 158 Å². The van der Waals surface area contributed by atoms with Gasteiger partial charge in [-0.05, 0) is 71.1 Å². The molecule has 0 bridgehead atoms. The van der Waals surface area contributed by atoms with E-state index in [1.807, 2.05) is 18.2 Å². The van der Waals surface area contributed by atoms with E-state index in [1.54, 1.807) is 0 Å². The molecule has 3 heteroatoms. The summed E-state index contributed by atoms with van der Waals surface area (Å²) in [7, 11) is 0. The van der Waals surface area contributed by atoms with Crippen LogP contribution in [0.2, 0.25) is 0 Å². The molecule has 1 aliphatic heterocycles. The minimum atomic E-state index is 0.310. The highest BCUT2D eigenvalue weighted by Crippen LogP contribution is 2.32. The molecule has 0 unspecified atom stereocenters. The summed E-state index contributed by atoms with van der Waals surface area (Å²) >= 11 is 0. The van der Waals surface area contributed by atoms with E-state index in [9.17, 15) is 0 Å². The van der Waals surface area contributed by atoms with Gasteiger partial charge < -0.3 is 14.2 Å². The molecule has 3 nitrogen and oxygen atoms in total. The minimum Gasteiger partial charge on any atom is -0.454 e. The topological polar surface area (TPSA) is 27.7 Å². The van der Waals surface area contributed by atoms with E-state index in [-0.39, 0.29) is 0 Å². The average molecular weight is 357 g/mol. The van der Waals surface area contributed by atoms with Crippen molar-refractivity contribution in [2.75, 3.05) is 13.4 Å². The van der Waals surface area contributed by atoms with Gasteiger partial charge in [0.05, 0.1) is 13.2 Å². The van der Waals surface area contributed by atoms with Crippen molar-refractivity contribution in [3.8, 4) is 11.5 Å². The predicted molar refractivity (Wildman–Crippen MR) is 108 cm³/mol. The second-order valence-electron chi connectivity index (χ2n) is 7.16. The van der Waals surface area contributed by atoms with Gasteiger partial charge in [0.1, 0.15) is 0 Å². The Bertz CT molecular complexity index is 664. The third-order valence-corrected chi connectivity index (χ3v) is 4.38. The first kappa shape index (κ1) is 20.3. The van der Waals surface area contributed by atoms with E-state index in [0.29, 0.717) is 20.0 Å². The molecular weight excluding hydrogens is 324 g/mol. The van der Waals surface area contributed by atoms with Gasteiger partial charge in [-0.25, -0.2) is 0 Å². The van der Waals surface area contributed by atoms with Crippen LogP contribution in [0.15, 0.2) is 53.1 Å². The van der Waals surface area contributed by atoms with E-state index in [1.165, 1.54) is 16.7 Å². The van der Waals surface area contributed by atoms with Gasteiger partial charge in [0.15, 0.2) is 11.5 Å². The van der Waals surface area contributed by atoms with Gasteiger partial charge >= 0.3 is 0 Å². The van der Waals surface area contributed by atoms with Crippen LogP contribution in [0.4, 0.5) is 0 Å². The summed E-state index contributed by atoms with van der Waals surface area (Å²) < 4.78 is 16.5. The highest BCUT2D eigenvalue weighted by molar-refractivity contribution is 5.44. The zero-order chi connectivity index (χ0) is 18.8. The van der Waals surface area contributed by atoms with Gasteiger partial charge in [0.2, 0.25) is 6.79 Å². The maximum atomic E-state index is 5.76. The van der Waals surface area contributed by atoms with Crippen molar-refractivity contribution in [2.24, 2.45) is 0 Å². The van der Waals surface area contributed by atoms with Gasteiger partial charge in [-0.2, -0.15) is 0 Å². The molecule has 0 spiro atoms. The van der Waals surface area contributed by atoms with Gasteiger partial charge in [-0.15, -0.1) is 0 Å². The summed E-state index contributed by atoms with van der Waals surface area (Å²) in [5, 5.41) is 0. The molecule has 1 aliphatic rings. The lowest BCUT2D eigenvalue weighted by atomic mass is 10.1. The molecule has 1 aromatic rings. The van der Waals surface area contributed by atoms with Crippen molar-refractivity contribution in [3.05, 3.63) is 58.7 Å². The Balaban J connectivity index is 1.63. The lowest BCUT2D eigenvalue weighted by molar-refractivity contribution is 0.147. The smallest absolute Gasteiger partial charge is 0.231 e. The average Bonchev–Trinajstić information content (AvgIpc) is 3.06. The molecule has 1 heterocycles. The van der Waals surface area contributed by atoms with Gasteiger partial charge in [-0.3, -0.25) is 0 Å². The molecule has 142 valence electrons. The number of allylic oxidation sites excluding steroid dienone is 5. The van der Waals surface area contributed by atoms with Crippen LogP contribution in [0, 0.1) is 0 Å². The van der Waals surface area contributed by atoms with Crippen LogP contribution in [0.5, 0.6) is 11.5 Å². The fourth-order valence-corrected chi connectivity index (χ4v) is 2.75. The van der Waals surface area contributed by atoms with Crippen molar-refractivity contribution in [1.82, 2.24) is 0 Å². The van der Waals surface area contributed by atoms with Crippen molar-refractivity contribution in [1.29, 1.82) is 0 Å². The predicted octanol–water partition coefficient (Wildman–Crippen LogP) is 6.35. The number of rotatable bonds is 10. The van der Waals surface area contributed by atoms with Crippen LogP contribution in [0.1, 0.15) is 58.9 Å². The summed E-state index contributed by atoms with van der Waals surface area (Å²) in [5.41, 5.74) is 5.37. The van der Waals surface area contributed by atoms with Crippen LogP contribution in [-0.4, -0.2) is 13.4 Å². The Hall–Kier alpha value is -2.00. The Morgan fingerprint density at radius 1 is 0.923 bits per heavy atom. The summed E-state index contributed by atoms with van der Waals surface area (Å²) in [5.74, 6) is 1.62. The number of fused-ring (bicyclic) bond motifs is 1. The summed E-state index contributed by atoms with van der Waals surface area (Å²) in [4.78, 5) is 0. The first-order chi connectivity index (χ1) is 12.5. The largest absolute Gasteiger partial charge is 0.454 e. The maximum absolute atomic E-state index is 5.76. The lowest BCUT2D eigenvalue weighted by Gasteiger charge is -2.05. The van der Waals surface area contributed by atoms with Crippen LogP contribution in [0.25, 0.3) is 0 Å². The standard InChI is InChI=1S/C23H32O3/c1-18(2)7-5-8-19(3)9-6-10-20(4)13-14-24-16-21-11-12-22-23(15-21)26-17-25-22/h7,9,11-13,15H,5-6,8,10,14,16-17H2,1-4H3/b19-9+,20-13+. The van der Waals surface area contributed by atoms with E-state index in [4.69, 9.17) is 14.2 Å². The summed E-state index contributed by atoms with van der Waals surface area (Å²) in [6.45, 7) is 10.3. The number of benzene rings is 1. The normalized spacial score (nSPS) is 13.8. The maximum Gasteiger partial charge on any atom is 0.231 e. The molecule has 0 saturated heterocycles.